The van der Waals surface area contributed by atoms with Gasteiger partial charge in [0.05, 0.1) is 18.2 Å². The van der Waals surface area contributed by atoms with Crippen LogP contribution in [0.15, 0.2) is 22.7 Å². The lowest BCUT2D eigenvalue weighted by Gasteiger charge is -2.09. The van der Waals surface area contributed by atoms with Crippen LogP contribution in [0.1, 0.15) is 0 Å². The van der Waals surface area contributed by atoms with Crippen molar-refractivity contribution >= 4 is 33.6 Å². The first-order valence-corrected chi connectivity index (χ1v) is 6.50. The number of rotatable bonds is 7. The van der Waals surface area contributed by atoms with Crippen molar-refractivity contribution in [3.63, 3.8) is 0 Å². The maximum absolute atomic E-state index is 11.5. The van der Waals surface area contributed by atoms with Gasteiger partial charge in [-0.2, -0.15) is 0 Å². The average molecular weight is 347 g/mol. The number of carbonyl (C=O) groups excluding carboxylic acids is 1. The fraction of sp³-hybridized carbons (Fsp3) is 0.333. The molecular formula is C12H15BrN2O5. The zero-order chi connectivity index (χ0) is 15.0. The molecule has 0 spiro atoms. The minimum absolute atomic E-state index is 0.128. The third-order valence-corrected chi connectivity index (χ3v) is 2.82. The standard InChI is InChI=1S/C12H15BrN2O5/c1-19-10-6-8(2-3-9(10)13)15-12(18)14-4-5-20-7-11(16)17/h2-3,6H,4-5,7H2,1H3,(H,16,17)(H2,14,15,18). The maximum Gasteiger partial charge on any atom is 0.329 e. The summed E-state index contributed by atoms with van der Waals surface area (Å²) < 4.78 is 10.7. The normalized spacial score (nSPS) is 9.90. The molecule has 0 saturated carbocycles. The average Bonchev–Trinajstić information content (AvgIpc) is 2.40. The maximum atomic E-state index is 11.5. The molecule has 1 rings (SSSR count). The van der Waals surface area contributed by atoms with E-state index in [1.165, 1.54) is 7.11 Å². The molecule has 0 heterocycles. The Morgan fingerprint density at radius 1 is 1.40 bits per heavy atom. The summed E-state index contributed by atoms with van der Waals surface area (Å²) in [6, 6.07) is 4.73. The van der Waals surface area contributed by atoms with Gasteiger partial charge >= 0.3 is 12.0 Å². The molecular weight excluding hydrogens is 332 g/mol. The number of anilines is 1. The molecule has 0 saturated heterocycles. The van der Waals surface area contributed by atoms with Crippen molar-refractivity contribution in [1.82, 2.24) is 5.32 Å². The molecule has 3 N–H and O–H groups in total. The first kappa shape index (κ1) is 16.3. The van der Waals surface area contributed by atoms with E-state index in [0.29, 0.717) is 11.4 Å². The van der Waals surface area contributed by atoms with Crippen molar-refractivity contribution < 1.29 is 24.2 Å². The number of carbonyl (C=O) groups is 2. The zero-order valence-electron chi connectivity index (χ0n) is 10.8. The van der Waals surface area contributed by atoms with Crippen LogP contribution in [0.5, 0.6) is 5.75 Å². The Morgan fingerprint density at radius 3 is 2.80 bits per heavy atom. The summed E-state index contributed by atoms with van der Waals surface area (Å²) in [5.41, 5.74) is 0.578. The molecule has 0 bridgehead atoms. The van der Waals surface area contributed by atoms with Crippen LogP contribution in [0, 0.1) is 0 Å². The highest BCUT2D eigenvalue weighted by atomic mass is 79.9. The topological polar surface area (TPSA) is 96.9 Å². The van der Waals surface area contributed by atoms with Crippen molar-refractivity contribution in [2.24, 2.45) is 0 Å². The van der Waals surface area contributed by atoms with Gasteiger partial charge in [-0.05, 0) is 28.1 Å². The molecule has 0 aliphatic carbocycles. The quantitative estimate of drug-likeness (QED) is 0.652. The fourth-order valence-electron chi connectivity index (χ4n) is 1.31. The van der Waals surface area contributed by atoms with Crippen LogP contribution in [-0.4, -0.2) is 44.0 Å². The lowest BCUT2D eigenvalue weighted by atomic mass is 10.3. The predicted molar refractivity (Wildman–Crippen MR) is 76.2 cm³/mol. The molecule has 0 unspecified atom stereocenters. The highest BCUT2D eigenvalue weighted by Gasteiger charge is 2.05. The second-order valence-corrected chi connectivity index (χ2v) is 4.53. The summed E-state index contributed by atoms with van der Waals surface area (Å²) in [5.74, 6) is -0.441. The third-order valence-electron chi connectivity index (χ3n) is 2.17. The monoisotopic (exact) mass is 346 g/mol. The minimum atomic E-state index is -1.04. The zero-order valence-corrected chi connectivity index (χ0v) is 12.4. The van der Waals surface area contributed by atoms with E-state index in [-0.39, 0.29) is 19.8 Å². The van der Waals surface area contributed by atoms with E-state index >= 15 is 0 Å². The Balaban J connectivity index is 2.33. The van der Waals surface area contributed by atoms with E-state index in [1.807, 2.05) is 0 Å². The van der Waals surface area contributed by atoms with Crippen molar-refractivity contribution in [2.75, 3.05) is 32.2 Å². The number of amides is 2. The highest BCUT2D eigenvalue weighted by molar-refractivity contribution is 9.10. The molecule has 1 aromatic carbocycles. The molecule has 0 aliphatic rings. The van der Waals surface area contributed by atoms with Gasteiger partial charge in [-0.3, -0.25) is 0 Å². The Kier molecular flexibility index (Phi) is 6.82. The smallest absolute Gasteiger partial charge is 0.329 e. The molecule has 0 aliphatic heterocycles. The highest BCUT2D eigenvalue weighted by Crippen LogP contribution is 2.27. The second-order valence-electron chi connectivity index (χ2n) is 3.68. The number of methoxy groups -OCH3 is 1. The summed E-state index contributed by atoms with van der Waals surface area (Å²) in [4.78, 5) is 21.7. The number of carboxylic acids is 1. The van der Waals surface area contributed by atoms with Gasteiger partial charge in [0.25, 0.3) is 0 Å². The molecule has 110 valence electrons. The number of carboxylic acid groups (broad SMARTS) is 1. The van der Waals surface area contributed by atoms with Crippen LogP contribution < -0.4 is 15.4 Å². The van der Waals surface area contributed by atoms with Crippen molar-refractivity contribution in [3.8, 4) is 5.75 Å². The Labute approximate surface area is 124 Å². The van der Waals surface area contributed by atoms with Crippen LogP contribution in [0.4, 0.5) is 10.5 Å². The van der Waals surface area contributed by atoms with E-state index in [0.717, 1.165) is 4.47 Å². The van der Waals surface area contributed by atoms with Gasteiger partial charge in [0, 0.05) is 18.3 Å². The molecule has 0 atom stereocenters. The fourth-order valence-corrected chi connectivity index (χ4v) is 1.72. The number of halogens is 1. The SMILES string of the molecule is COc1cc(NC(=O)NCCOCC(=O)O)ccc1Br. The van der Waals surface area contributed by atoms with E-state index in [1.54, 1.807) is 18.2 Å². The summed E-state index contributed by atoms with van der Waals surface area (Å²) in [7, 11) is 1.53. The van der Waals surface area contributed by atoms with Gasteiger partial charge in [-0.15, -0.1) is 0 Å². The Hall–Kier alpha value is -1.80. The summed E-state index contributed by atoms with van der Waals surface area (Å²) >= 11 is 3.31. The van der Waals surface area contributed by atoms with E-state index in [9.17, 15) is 9.59 Å². The van der Waals surface area contributed by atoms with Crippen molar-refractivity contribution in [2.45, 2.75) is 0 Å². The molecule has 20 heavy (non-hydrogen) atoms. The number of hydrogen-bond acceptors (Lipinski definition) is 4. The van der Waals surface area contributed by atoms with E-state index in [4.69, 9.17) is 14.6 Å². The molecule has 7 nitrogen and oxygen atoms in total. The van der Waals surface area contributed by atoms with Crippen molar-refractivity contribution in [3.05, 3.63) is 22.7 Å². The van der Waals surface area contributed by atoms with Gasteiger partial charge < -0.3 is 25.2 Å². The van der Waals surface area contributed by atoms with Gasteiger partial charge in [0.15, 0.2) is 0 Å². The van der Waals surface area contributed by atoms with Crippen LogP contribution >= 0.6 is 15.9 Å². The van der Waals surface area contributed by atoms with Crippen LogP contribution in [-0.2, 0) is 9.53 Å². The largest absolute Gasteiger partial charge is 0.495 e. The second kappa shape index (κ2) is 8.39. The van der Waals surface area contributed by atoms with Gasteiger partial charge in [0.1, 0.15) is 12.4 Å². The Bertz CT molecular complexity index is 481. The lowest BCUT2D eigenvalue weighted by molar-refractivity contribution is -0.142. The summed E-state index contributed by atoms with van der Waals surface area (Å²) in [5, 5.41) is 13.5. The number of ether oxygens (including phenoxy) is 2. The van der Waals surface area contributed by atoms with E-state index < -0.39 is 12.0 Å². The lowest BCUT2D eigenvalue weighted by Crippen LogP contribution is -2.31. The first-order valence-electron chi connectivity index (χ1n) is 5.71. The van der Waals surface area contributed by atoms with Crippen molar-refractivity contribution in [1.29, 1.82) is 0 Å². The molecule has 0 aromatic heterocycles. The van der Waals surface area contributed by atoms with Gasteiger partial charge in [-0.1, -0.05) is 0 Å². The summed E-state index contributed by atoms with van der Waals surface area (Å²) in [6.07, 6.45) is 0. The predicted octanol–water partition coefficient (Wildman–Crippen LogP) is 1.68. The number of urea groups is 1. The minimum Gasteiger partial charge on any atom is -0.495 e. The molecule has 1 aromatic rings. The Morgan fingerprint density at radius 2 is 2.15 bits per heavy atom. The number of hydrogen-bond donors (Lipinski definition) is 3. The van der Waals surface area contributed by atoms with Crippen LogP contribution in [0.2, 0.25) is 0 Å². The number of benzene rings is 1. The number of aliphatic carboxylic acids is 1. The van der Waals surface area contributed by atoms with Crippen LogP contribution in [0.25, 0.3) is 0 Å². The third kappa shape index (κ3) is 5.89. The van der Waals surface area contributed by atoms with E-state index in [2.05, 4.69) is 26.6 Å². The van der Waals surface area contributed by atoms with Gasteiger partial charge in [0.2, 0.25) is 0 Å². The molecule has 0 fully saturated rings. The van der Waals surface area contributed by atoms with Crippen LogP contribution in [0.3, 0.4) is 0 Å². The molecule has 8 heteroatoms. The van der Waals surface area contributed by atoms with Gasteiger partial charge in [-0.25, -0.2) is 9.59 Å². The number of nitrogens with one attached hydrogen (secondary N) is 2. The summed E-state index contributed by atoms with van der Waals surface area (Å²) in [6.45, 7) is -0.0383. The molecule has 0 radical (unpaired) electrons. The first-order chi connectivity index (χ1) is 9.52. The molecule has 2 amide bonds.